The van der Waals surface area contributed by atoms with E-state index in [1.54, 1.807) is 6.07 Å². The molecule has 0 aromatic heterocycles. The number of nitrogens with zero attached hydrogens (tertiary/aromatic N) is 1. The smallest absolute Gasteiger partial charge is 0.254 e. The molecule has 4 heteroatoms. The quantitative estimate of drug-likeness (QED) is 0.675. The lowest BCUT2D eigenvalue weighted by molar-refractivity contribution is 0.0671. The molecule has 1 saturated carbocycles. The van der Waals surface area contributed by atoms with Crippen LogP contribution < -0.4 is 0 Å². The molecule has 1 aliphatic carbocycles. The molecule has 2 rings (SSSR count). The highest BCUT2D eigenvalue weighted by atomic mass is 127. The number of amides is 1. The third-order valence-corrected chi connectivity index (χ3v) is 5.11. The van der Waals surface area contributed by atoms with Crippen LogP contribution in [-0.2, 0) is 0 Å². The van der Waals surface area contributed by atoms with Gasteiger partial charge in [0.1, 0.15) is 0 Å². The largest absolute Gasteiger partial charge is 0.339 e. The first kappa shape index (κ1) is 15.1. The summed E-state index contributed by atoms with van der Waals surface area (Å²) in [6.07, 6.45) is 4.73. The number of carbonyl (C=O) groups is 1. The predicted molar refractivity (Wildman–Crippen MR) is 87.7 cm³/mol. The topological polar surface area (TPSA) is 20.3 Å². The number of rotatable bonds is 2. The van der Waals surface area contributed by atoms with Gasteiger partial charge in [0.2, 0.25) is 0 Å². The molecular formula is C15H19ClINO. The zero-order valence-corrected chi connectivity index (χ0v) is 14.2. The van der Waals surface area contributed by atoms with Crippen molar-refractivity contribution in [3.05, 3.63) is 32.4 Å². The van der Waals surface area contributed by atoms with Gasteiger partial charge in [0.05, 0.1) is 5.56 Å². The number of carbonyl (C=O) groups excluding carboxylic acids is 1. The monoisotopic (exact) mass is 391 g/mol. The van der Waals surface area contributed by atoms with Crippen molar-refractivity contribution >= 4 is 40.1 Å². The van der Waals surface area contributed by atoms with Crippen LogP contribution in [0.4, 0.5) is 0 Å². The molecule has 2 unspecified atom stereocenters. The molecule has 0 saturated heterocycles. The standard InChI is InChI=1S/C15H19ClINO/c1-10-4-3-5-12(8-10)18(2)15(19)13-9-11(16)6-7-14(13)17/h6-7,9-10,12H,3-5,8H2,1-2H3. The van der Waals surface area contributed by atoms with Crippen LogP contribution in [0.1, 0.15) is 43.0 Å². The summed E-state index contributed by atoms with van der Waals surface area (Å²) < 4.78 is 0.961. The van der Waals surface area contributed by atoms with Crippen LogP contribution in [0.2, 0.25) is 5.02 Å². The molecule has 1 amide bonds. The Kier molecular flexibility index (Phi) is 5.12. The molecule has 104 valence electrons. The van der Waals surface area contributed by atoms with Crippen LogP contribution in [0.5, 0.6) is 0 Å². The van der Waals surface area contributed by atoms with Crippen LogP contribution in [0.15, 0.2) is 18.2 Å². The summed E-state index contributed by atoms with van der Waals surface area (Å²) in [5.41, 5.74) is 0.717. The first-order valence-corrected chi connectivity index (χ1v) is 8.17. The molecule has 2 atom stereocenters. The average Bonchev–Trinajstić information content (AvgIpc) is 2.40. The van der Waals surface area contributed by atoms with Gasteiger partial charge in [0, 0.05) is 21.7 Å². The van der Waals surface area contributed by atoms with Crippen molar-refractivity contribution in [1.29, 1.82) is 0 Å². The molecule has 1 aromatic rings. The van der Waals surface area contributed by atoms with Crippen molar-refractivity contribution in [2.75, 3.05) is 7.05 Å². The maximum atomic E-state index is 12.6. The molecule has 0 aliphatic heterocycles. The Labute approximate surface area is 133 Å². The van der Waals surface area contributed by atoms with E-state index in [4.69, 9.17) is 11.6 Å². The molecule has 1 aliphatic rings. The molecule has 0 bridgehead atoms. The van der Waals surface area contributed by atoms with Crippen molar-refractivity contribution in [3.63, 3.8) is 0 Å². The first-order chi connectivity index (χ1) is 8.99. The number of halogens is 2. The van der Waals surface area contributed by atoms with Crippen LogP contribution in [-0.4, -0.2) is 23.9 Å². The van der Waals surface area contributed by atoms with E-state index < -0.39 is 0 Å². The fraction of sp³-hybridized carbons (Fsp3) is 0.533. The maximum Gasteiger partial charge on any atom is 0.254 e. The lowest BCUT2D eigenvalue weighted by Crippen LogP contribution is -2.40. The zero-order chi connectivity index (χ0) is 14.0. The Bertz CT molecular complexity index is 477. The number of hydrogen-bond acceptors (Lipinski definition) is 1. The van der Waals surface area contributed by atoms with Gasteiger partial charge in [0.25, 0.3) is 5.91 Å². The Morgan fingerprint density at radius 1 is 1.42 bits per heavy atom. The van der Waals surface area contributed by atoms with Gasteiger partial charge in [0.15, 0.2) is 0 Å². The predicted octanol–water partition coefficient (Wildman–Crippen LogP) is 4.60. The molecule has 1 aromatic carbocycles. The molecule has 19 heavy (non-hydrogen) atoms. The minimum atomic E-state index is 0.0889. The van der Waals surface area contributed by atoms with E-state index in [2.05, 4.69) is 29.5 Å². The molecule has 0 spiro atoms. The van der Waals surface area contributed by atoms with Gasteiger partial charge >= 0.3 is 0 Å². The average molecular weight is 392 g/mol. The van der Waals surface area contributed by atoms with Crippen molar-refractivity contribution < 1.29 is 4.79 Å². The second kappa shape index (κ2) is 6.44. The molecule has 0 radical (unpaired) electrons. The third kappa shape index (κ3) is 3.63. The van der Waals surface area contributed by atoms with Crippen molar-refractivity contribution in [2.45, 2.75) is 38.6 Å². The van der Waals surface area contributed by atoms with Gasteiger partial charge < -0.3 is 4.90 Å². The normalized spacial score (nSPS) is 23.2. The fourth-order valence-electron chi connectivity index (χ4n) is 2.77. The van der Waals surface area contributed by atoms with Crippen LogP contribution in [0.25, 0.3) is 0 Å². The van der Waals surface area contributed by atoms with Gasteiger partial charge in [-0.3, -0.25) is 4.79 Å². The SMILES string of the molecule is CC1CCCC(N(C)C(=O)c2cc(Cl)ccc2I)C1. The van der Waals surface area contributed by atoms with Crippen LogP contribution in [0, 0.1) is 9.49 Å². The van der Waals surface area contributed by atoms with E-state index in [1.807, 2.05) is 24.1 Å². The Hall–Kier alpha value is -0.290. The van der Waals surface area contributed by atoms with E-state index in [0.717, 1.165) is 16.4 Å². The molecule has 0 heterocycles. The summed E-state index contributed by atoms with van der Waals surface area (Å²) in [4.78, 5) is 14.5. The second-order valence-corrected chi connectivity index (χ2v) is 7.06. The zero-order valence-electron chi connectivity index (χ0n) is 11.3. The van der Waals surface area contributed by atoms with Crippen molar-refractivity contribution in [3.8, 4) is 0 Å². The Morgan fingerprint density at radius 2 is 2.16 bits per heavy atom. The molecule has 2 nitrogen and oxygen atoms in total. The first-order valence-electron chi connectivity index (χ1n) is 6.71. The van der Waals surface area contributed by atoms with Gasteiger partial charge in [-0.05, 0) is 59.5 Å². The van der Waals surface area contributed by atoms with Crippen LogP contribution in [0.3, 0.4) is 0 Å². The number of benzene rings is 1. The lowest BCUT2D eigenvalue weighted by Gasteiger charge is -2.34. The summed E-state index contributed by atoms with van der Waals surface area (Å²) in [6.45, 7) is 2.27. The molecule has 0 N–H and O–H groups in total. The summed E-state index contributed by atoms with van der Waals surface area (Å²) >= 11 is 8.19. The van der Waals surface area contributed by atoms with E-state index in [9.17, 15) is 4.79 Å². The highest BCUT2D eigenvalue weighted by Crippen LogP contribution is 2.28. The fourth-order valence-corrected chi connectivity index (χ4v) is 3.51. The highest BCUT2D eigenvalue weighted by Gasteiger charge is 2.26. The third-order valence-electron chi connectivity index (χ3n) is 3.94. The van der Waals surface area contributed by atoms with Crippen molar-refractivity contribution in [2.24, 2.45) is 5.92 Å². The summed E-state index contributed by atoms with van der Waals surface area (Å²) in [6, 6.07) is 5.86. The molecular weight excluding hydrogens is 373 g/mol. The van der Waals surface area contributed by atoms with E-state index in [1.165, 1.54) is 12.8 Å². The van der Waals surface area contributed by atoms with E-state index >= 15 is 0 Å². The maximum absolute atomic E-state index is 12.6. The summed E-state index contributed by atoms with van der Waals surface area (Å²) in [5.74, 6) is 0.804. The Morgan fingerprint density at radius 3 is 2.84 bits per heavy atom. The minimum Gasteiger partial charge on any atom is -0.339 e. The highest BCUT2D eigenvalue weighted by molar-refractivity contribution is 14.1. The van der Waals surface area contributed by atoms with Gasteiger partial charge in [-0.2, -0.15) is 0 Å². The molecule has 1 fully saturated rings. The van der Waals surface area contributed by atoms with Crippen LogP contribution >= 0.6 is 34.2 Å². The second-order valence-electron chi connectivity index (χ2n) is 5.47. The van der Waals surface area contributed by atoms with E-state index in [0.29, 0.717) is 22.5 Å². The van der Waals surface area contributed by atoms with Gasteiger partial charge in [-0.1, -0.05) is 31.4 Å². The summed E-state index contributed by atoms with van der Waals surface area (Å²) in [5, 5.41) is 0.620. The minimum absolute atomic E-state index is 0.0889. The van der Waals surface area contributed by atoms with E-state index in [-0.39, 0.29) is 5.91 Å². The Balaban J connectivity index is 2.16. The van der Waals surface area contributed by atoms with Gasteiger partial charge in [-0.15, -0.1) is 0 Å². The lowest BCUT2D eigenvalue weighted by atomic mass is 9.86. The number of hydrogen-bond donors (Lipinski definition) is 0. The summed E-state index contributed by atoms with van der Waals surface area (Å²) in [7, 11) is 1.92. The van der Waals surface area contributed by atoms with Gasteiger partial charge in [-0.25, -0.2) is 0 Å². The van der Waals surface area contributed by atoms with Crippen molar-refractivity contribution in [1.82, 2.24) is 4.90 Å².